The van der Waals surface area contributed by atoms with Crippen molar-refractivity contribution in [1.29, 1.82) is 0 Å². The van der Waals surface area contributed by atoms with E-state index < -0.39 is 0 Å². The molecular weight excluding hydrogens is 132 g/mol. The molecule has 0 spiro atoms. The van der Waals surface area contributed by atoms with Gasteiger partial charge in [-0.05, 0) is 12.1 Å². The number of aliphatic hydroxyl groups is 2. The molecule has 3 nitrogen and oxygen atoms in total. The fourth-order valence-corrected chi connectivity index (χ4v) is 0.618. The van der Waals surface area contributed by atoms with Crippen LogP contribution < -0.4 is 0 Å². The van der Waals surface area contributed by atoms with Crippen LogP contribution in [-0.4, -0.2) is 10.2 Å². The van der Waals surface area contributed by atoms with E-state index in [1.165, 1.54) is 0 Å². The van der Waals surface area contributed by atoms with Gasteiger partial charge in [-0.2, -0.15) is 0 Å². The third kappa shape index (κ3) is 1.19. The summed E-state index contributed by atoms with van der Waals surface area (Å²) >= 11 is 0. The smallest absolute Gasteiger partial charge is 0.168 e. The van der Waals surface area contributed by atoms with Crippen LogP contribution in [0.15, 0.2) is 23.1 Å². The van der Waals surface area contributed by atoms with E-state index in [4.69, 9.17) is 14.6 Å². The summed E-state index contributed by atoms with van der Waals surface area (Å²) in [7, 11) is 0. The third-order valence-corrected chi connectivity index (χ3v) is 1.10. The van der Waals surface area contributed by atoms with Crippen molar-refractivity contribution in [3.63, 3.8) is 0 Å². The van der Waals surface area contributed by atoms with E-state index in [9.17, 15) is 0 Å². The lowest BCUT2D eigenvalue weighted by Gasteiger charge is -1.89. The first-order valence-corrected chi connectivity index (χ1v) is 2.82. The zero-order valence-corrected chi connectivity index (χ0v) is 5.37. The minimum absolute atomic E-state index is 0.125. The minimum atomic E-state index is -0.159. The summed E-state index contributed by atoms with van der Waals surface area (Å²) in [6.07, 6.45) is 0. The molecule has 0 saturated heterocycles. The second kappa shape index (κ2) is 2.58. The first-order valence-electron chi connectivity index (χ1n) is 2.82. The summed E-state index contributed by atoms with van der Waals surface area (Å²) in [5.41, 5.74) is 0. The Morgan fingerprint density at radius 2 is 2.30 bits per heavy atom. The molecule has 0 aliphatic heterocycles. The third-order valence-electron chi connectivity index (χ3n) is 1.10. The fourth-order valence-electron chi connectivity index (χ4n) is 0.618. The molecule has 54 valence electrons. The molecule has 0 saturated carbocycles. The predicted octanol–water partition coefficient (Wildman–Crippen LogP) is 1.30. The highest BCUT2D eigenvalue weighted by Gasteiger charge is 2.01. The summed E-state index contributed by atoms with van der Waals surface area (Å²) in [6.45, 7) is 3.09. The molecule has 0 aromatic carbocycles. The Morgan fingerprint density at radius 3 is 2.60 bits per heavy atom. The molecule has 0 unspecified atom stereocenters. The zero-order chi connectivity index (χ0) is 7.56. The van der Waals surface area contributed by atoms with Gasteiger partial charge in [-0.25, -0.2) is 0 Å². The Morgan fingerprint density at radius 1 is 1.60 bits per heavy atom. The van der Waals surface area contributed by atoms with E-state index in [0.717, 1.165) is 0 Å². The average molecular weight is 140 g/mol. The fraction of sp³-hybridized carbons (Fsp3) is 0.143. The van der Waals surface area contributed by atoms with Gasteiger partial charge in [0.1, 0.15) is 12.4 Å². The SMILES string of the molecule is C=C(O)c1ccc(CO)o1. The van der Waals surface area contributed by atoms with Gasteiger partial charge in [0.2, 0.25) is 0 Å². The summed E-state index contributed by atoms with van der Waals surface area (Å²) in [5.74, 6) is 0.592. The van der Waals surface area contributed by atoms with Gasteiger partial charge >= 0.3 is 0 Å². The van der Waals surface area contributed by atoms with Crippen molar-refractivity contribution in [3.05, 3.63) is 30.2 Å². The van der Waals surface area contributed by atoms with E-state index >= 15 is 0 Å². The lowest BCUT2D eigenvalue weighted by atomic mass is 10.4. The molecule has 0 fully saturated rings. The van der Waals surface area contributed by atoms with Crippen LogP contribution in [0.1, 0.15) is 11.5 Å². The number of hydrogen-bond acceptors (Lipinski definition) is 3. The molecule has 0 bridgehead atoms. The van der Waals surface area contributed by atoms with Crippen molar-refractivity contribution in [2.24, 2.45) is 0 Å². The van der Waals surface area contributed by atoms with Crippen molar-refractivity contribution in [1.82, 2.24) is 0 Å². The van der Waals surface area contributed by atoms with Gasteiger partial charge in [-0.15, -0.1) is 0 Å². The number of rotatable bonds is 2. The lowest BCUT2D eigenvalue weighted by molar-refractivity contribution is 0.245. The lowest BCUT2D eigenvalue weighted by Crippen LogP contribution is -1.76. The van der Waals surface area contributed by atoms with Crippen molar-refractivity contribution in [2.75, 3.05) is 0 Å². The second-order valence-corrected chi connectivity index (χ2v) is 1.87. The molecule has 0 radical (unpaired) electrons. The van der Waals surface area contributed by atoms with Crippen LogP contribution in [0.2, 0.25) is 0 Å². The molecule has 0 aliphatic rings. The molecule has 2 N–H and O–H groups in total. The van der Waals surface area contributed by atoms with Gasteiger partial charge in [0.05, 0.1) is 0 Å². The highest BCUT2D eigenvalue weighted by Crippen LogP contribution is 2.13. The van der Waals surface area contributed by atoms with E-state index in [0.29, 0.717) is 11.5 Å². The monoisotopic (exact) mass is 140 g/mol. The summed E-state index contributed by atoms with van der Waals surface area (Å²) in [6, 6.07) is 3.13. The van der Waals surface area contributed by atoms with Crippen LogP contribution in [0, 0.1) is 0 Å². The van der Waals surface area contributed by atoms with Crippen molar-refractivity contribution >= 4 is 5.76 Å². The molecule has 0 amide bonds. The van der Waals surface area contributed by atoms with E-state index in [2.05, 4.69) is 6.58 Å². The molecule has 0 aliphatic carbocycles. The van der Waals surface area contributed by atoms with Crippen LogP contribution in [0.25, 0.3) is 5.76 Å². The van der Waals surface area contributed by atoms with E-state index in [1.807, 2.05) is 0 Å². The molecule has 10 heavy (non-hydrogen) atoms. The molecule has 3 heteroatoms. The Hall–Kier alpha value is -1.22. The standard InChI is InChI=1S/C7H8O3/c1-5(9)7-3-2-6(4-8)10-7/h2-3,8-9H,1,4H2. The largest absolute Gasteiger partial charge is 0.505 e. The molecular formula is C7H8O3. The van der Waals surface area contributed by atoms with Gasteiger partial charge < -0.3 is 14.6 Å². The van der Waals surface area contributed by atoms with Crippen LogP contribution >= 0.6 is 0 Å². The summed E-state index contributed by atoms with van der Waals surface area (Å²) < 4.78 is 4.89. The Labute approximate surface area is 58.2 Å². The van der Waals surface area contributed by atoms with Crippen molar-refractivity contribution in [2.45, 2.75) is 6.61 Å². The first-order chi connectivity index (χ1) is 4.74. The quantitative estimate of drug-likeness (QED) is 0.609. The maximum absolute atomic E-state index is 8.76. The van der Waals surface area contributed by atoms with Crippen molar-refractivity contribution < 1.29 is 14.6 Å². The van der Waals surface area contributed by atoms with Crippen LogP contribution in [0.5, 0.6) is 0 Å². The second-order valence-electron chi connectivity index (χ2n) is 1.87. The highest BCUT2D eigenvalue weighted by atomic mass is 16.4. The summed E-state index contributed by atoms with van der Waals surface area (Å²) in [4.78, 5) is 0. The topological polar surface area (TPSA) is 53.6 Å². The van der Waals surface area contributed by atoms with Gasteiger partial charge in [-0.1, -0.05) is 6.58 Å². The van der Waals surface area contributed by atoms with E-state index in [1.54, 1.807) is 12.1 Å². The first kappa shape index (κ1) is 6.89. The van der Waals surface area contributed by atoms with Gasteiger partial charge in [-0.3, -0.25) is 0 Å². The van der Waals surface area contributed by atoms with Crippen LogP contribution in [0.4, 0.5) is 0 Å². The van der Waals surface area contributed by atoms with Crippen LogP contribution in [-0.2, 0) is 6.61 Å². The van der Waals surface area contributed by atoms with Gasteiger partial charge in [0.15, 0.2) is 11.5 Å². The maximum atomic E-state index is 8.76. The van der Waals surface area contributed by atoms with Crippen molar-refractivity contribution in [3.8, 4) is 0 Å². The van der Waals surface area contributed by atoms with Crippen LogP contribution in [0.3, 0.4) is 0 Å². The zero-order valence-electron chi connectivity index (χ0n) is 5.37. The molecule has 0 atom stereocenters. The predicted molar refractivity (Wildman–Crippen MR) is 36.3 cm³/mol. The minimum Gasteiger partial charge on any atom is -0.505 e. The Bertz CT molecular complexity index is 237. The normalized spacial score (nSPS) is 9.70. The average Bonchev–Trinajstić information content (AvgIpc) is 2.34. The number of furan rings is 1. The van der Waals surface area contributed by atoms with Gasteiger partial charge in [0, 0.05) is 0 Å². The molecule has 1 aromatic rings. The summed E-state index contributed by atoms with van der Waals surface area (Å²) in [5, 5.41) is 17.3. The number of aliphatic hydroxyl groups excluding tert-OH is 2. The maximum Gasteiger partial charge on any atom is 0.168 e. The molecule has 1 heterocycles. The molecule has 1 aromatic heterocycles. The highest BCUT2D eigenvalue weighted by molar-refractivity contribution is 5.49. The van der Waals surface area contributed by atoms with Gasteiger partial charge in [0.25, 0.3) is 0 Å². The molecule has 1 rings (SSSR count). The Balaban J connectivity index is 2.88. The number of hydrogen-bond donors (Lipinski definition) is 2. The Kier molecular flexibility index (Phi) is 1.78. The van der Waals surface area contributed by atoms with E-state index in [-0.39, 0.29) is 12.4 Å².